The molecule has 0 spiro atoms. The highest BCUT2D eigenvalue weighted by Gasteiger charge is 2.51. The lowest BCUT2D eigenvalue weighted by molar-refractivity contribution is -0.182. The largest absolute Gasteiger partial charge is 0.393 e. The summed E-state index contributed by atoms with van der Waals surface area (Å²) in [6, 6.07) is 8.00. The Labute approximate surface area is 145 Å². The standard InChI is InChI=1S/C17H21F3N2O.ClH/c1-11-4-2-3-5-13(11)16(6-7-16)10-22-15(23)12-8-21-9-14(12)17(18,19)20;/h2-5,12,14,21H,6-10H2,1H3,(H,22,23);1H/t12-,14-;/m1./s1. The van der Waals surface area contributed by atoms with Crippen LogP contribution in [0.1, 0.15) is 24.0 Å². The van der Waals surface area contributed by atoms with Gasteiger partial charge in [0.2, 0.25) is 5.91 Å². The van der Waals surface area contributed by atoms with E-state index >= 15 is 0 Å². The Balaban J connectivity index is 0.00000208. The van der Waals surface area contributed by atoms with Crippen LogP contribution in [0, 0.1) is 18.8 Å². The number of carbonyl (C=O) groups is 1. The van der Waals surface area contributed by atoms with Crippen LogP contribution in [0.15, 0.2) is 24.3 Å². The molecule has 2 aliphatic rings. The van der Waals surface area contributed by atoms with Crippen molar-refractivity contribution in [2.24, 2.45) is 11.8 Å². The van der Waals surface area contributed by atoms with Crippen molar-refractivity contribution in [3.05, 3.63) is 35.4 Å². The van der Waals surface area contributed by atoms with E-state index in [-0.39, 0.29) is 30.9 Å². The molecule has 1 aromatic carbocycles. The Kier molecular flexibility index (Phi) is 5.50. The van der Waals surface area contributed by atoms with Gasteiger partial charge in [-0.3, -0.25) is 4.79 Å². The summed E-state index contributed by atoms with van der Waals surface area (Å²) in [5, 5.41) is 5.46. The van der Waals surface area contributed by atoms with Crippen molar-refractivity contribution in [2.75, 3.05) is 19.6 Å². The molecule has 3 nitrogen and oxygen atoms in total. The summed E-state index contributed by atoms with van der Waals surface area (Å²) in [5.41, 5.74) is 2.26. The quantitative estimate of drug-likeness (QED) is 0.864. The van der Waals surface area contributed by atoms with Crippen LogP contribution in [0.2, 0.25) is 0 Å². The van der Waals surface area contributed by atoms with Crippen molar-refractivity contribution >= 4 is 18.3 Å². The highest BCUT2D eigenvalue weighted by atomic mass is 35.5. The molecular weight excluding hydrogens is 341 g/mol. The number of carbonyl (C=O) groups excluding carboxylic acids is 1. The second kappa shape index (κ2) is 6.92. The van der Waals surface area contributed by atoms with Crippen molar-refractivity contribution in [1.82, 2.24) is 10.6 Å². The average molecular weight is 363 g/mol. The van der Waals surface area contributed by atoms with Gasteiger partial charge < -0.3 is 10.6 Å². The van der Waals surface area contributed by atoms with Crippen LogP contribution >= 0.6 is 12.4 Å². The van der Waals surface area contributed by atoms with E-state index in [0.29, 0.717) is 6.54 Å². The third-order valence-electron chi connectivity index (χ3n) is 5.14. The zero-order valence-electron chi connectivity index (χ0n) is 13.5. The minimum absolute atomic E-state index is 0. The first kappa shape index (κ1) is 19.1. The topological polar surface area (TPSA) is 41.1 Å². The molecule has 0 unspecified atom stereocenters. The summed E-state index contributed by atoms with van der Waals surface area (Å²) in [4.78, 5) is 12.2. The molecule has 1 amide bonds. The van der Waals surface area contributed by atoms with Gasteiger partial charge in [-0.1, -0.05) is 24.3 Å². The highest BCUT2D eigenvalue weighted by molar-refractivity contribution is 5.85. The van der Waals surface area contributed by atoms with Crippen molar-refractivity contribution in [1.29, 1.82) is 0 Å². The number of hydrogen-bond acceptors (Lipinski definition) is 2. The number of rotatable bonds is 4. The van der Waals surface area contributed by atoms with Crippen LogP contribution in [-0.2, 0) is 10.2 Å². The van der Waals surface area contributed by atoms with Crippen molar-refractivity contribution < 1.29 is 18.0 Å². The molecule has 1 saturated carbocycles. The lowest BCUT2D eigenvalue weighted by atomic mass is 9.90. The third kappa shape index (κ3) is 3.70. The zero-order chi connectivity index (χ0) is 16.7. The summed E-state index contributed by atoms with van der Waals surface area (Å²) in [6.45, 7) is 2.35. The number of alkyl halides is 3. The molecule has 0 aromatic heterocycles. The van der Waals surface area contributed by atoms with Gasteiger partial charge in [0, 0.05) is 25.0 Å². The second-order valence-electron chi connectivity index (χ2n) is 6.73. The molecule has 24 heavy (non-hydrogen) atoms. The normalized spacial score (nSPS) is 25.0. The highest BCUT2D eigenvalue weighted by Crippen LogP contribution is 2.48. The number of benzene rings is 1. The van der Waals surface area contributed by atoms with Gasteiger partial charge >= 0.3 is 6.18 Å². The van der Waals surface area contributed by atoms with E-state index in [1.54, 1.807) is 0 Å². The zero-order valence-corrected chi connectivity index (χ0v) is 14.3. The van der Waals surface area contributed by atoms with Gasteiger partial charge in [-0.15, -0.1) is 12.4 Å². The van der Waals surface area contributed by atoms with E-state index in [9.17, 15) is 18.0 Å². The lowest BCUT2D eigenvalue weighted by Gasteiger charge is -2.23. The maximum Gasteiger partial charge on any atom is 0.393 e. The van der Waals surface area contributed by atoms with E-state index in [0.717, 1.165) is 18.4 Å². The molecule has 1 heterocycles. The van der Waals surface area contributed by atoms with Crippen LogP contribution < -0.4 is 10.6 Å². The number of aryl methyl sites for hydroxylation is 1. The molecule has 134 valence electrons. The van der Waals surface area contributed by atoms with E-state index in [4.69, 9.17) is 0 Å². The Morgan fingerprint density at radius 3 is 2.54 bits per heavy atom. The maximum absolute atomic E-state index is 13.0. The van der Waals surface area contributed by atoms with Gasteiger partial charge in [-0.05, 0) is 30.9 Å². The Hall–Kier alpha value is -1.27. The van der Waals surface area contributed by atoms with Gasteiger partial charge in [0.05, 0.1) is 11.8 Å². The van der Waals surface area contributed by atoms with Gasteiger partial charge in [0.1, 0.15) is 0 Å². The summed E-state index contributed by atoms with van der Waals surface area (Å²) >= 11 is 0. The molecule has 2 atom stereocenters. The van der Waals surface area contributed by atoms with Crippen LogP contribution in [0.25, 0.3) is 0 Å². The summed E-state index contributed by atoms with van der Waals surface area (Å²) in [5.74, 6) is -3.10. The SMILES string of the molecule is Cc1ccccc1C1(CNC(=O)[C@@H]2CNC[C@H]2C(F)(F)F)CC1.Cl. The minimum Gasteiger partial charge on any atom is -0.355 e. The van der Waals surface area contributed by atoms with Crippen LogP contribution in [0.3, 0.4) is 0 Å². The molecule has 1 aromatic rings. The molecule has 0 bridgehead atoms. The van der Waals surface area contributed by atoms with Crippen molar-refractivity contribution in [3.8, 4) is 0 Å². The van der Waals surface area contributed by atoms with Gasteiger partial charge in [0.15, 0.2) is 0 Å². The number of hydrogen-bond donors (Lipinski definition) is 2. The summed E-state index contributed by atoms with van der Waals surface area (Å²) in [7, 11) is 0. The molecule has 2 N–H and O–H groups in total. The van der Waals surface area contributed by atoms with Crippen LogP contribution in [-0.4, -0.2) is 31.7 Å². The Morgan fingerprint density at radius 1 is 1.29 bits per heavy atom. The third-order valence-corrected chi connectivity index (χ3v) is 5.14. The fourth-order valence-corrected chi connectivity index (χ4v) is 3.55. The smallest absolute Gasteiger partial charge is 0.355 e. The lowest BCUT2D eigenvalue weighted by Crippen LogP contribution is -2.42. The van der Waals surface area contributed by atoms with E-state index in [1.807, 2.05) is 31.2 Å². The predicted octanol–water partition coefficient (Wildman–Crippen LogP) is 2.96. The number of nitrogens with one attached hydrogen (secondary N) is 2. The molecular formula is C17H22ClF3N2O. The number of amides is 1. The molecule has 1 aliphatic heterocycles. The minimum atomic E-state index is -4.33. The van der Waals surface area contributed by atoms with E-state index in [1.165, 1.54) is 5.56 Å². The monoisotopic (exact) mass is 362 g/mol. The molecule has 7 heteroatoms. The van der Waals surface area contributed by atoms with Crippen molar-refractivity contribution in [2.45, 2.75) is 31.4 Å². The predicted molar refractivity (Wildman–Crippen MR) is 88.3 cm³/mol. The van der Waals surface area contributed by atoms with E-state index < -0.39 is 23.9 Å². The summed E-state index contributed by atoms with van der Waals surface area (Å²) in [6.07, 6.45) is -2.41. The fourth-order valence-electron chi connectivity index (χ4n) is 3.55. The second-order valence-corrected chi connectivity index (χ2v) is 6.73. The first-order valence-corrected chi connectivity index (χ1v) is 7.95. The average Bonchev–Trinajstić information content (AvgIpc) is 3.09. The first-order chi connectivity index (χ1) is 10.8. The molecule has 2 fully saturated rings. The van der Waals surface area contributed by atoms with Crippen LogP contribution in [0.4, 0.5) is 13.2 Å². The van der Waals surface area contributed by atoms with E-state index in [2.05, 4.69) is 10.6 Å². The van der Waals surface area contributed by atoms with Gasteiger partial charge in [0.25, 0.3) is 0 Å². The Bertz CT molecular complexity index is 602. The van der Waals surface area contributed by atoms with Crippen LogP contribution in [0.5, 0.6) is 0 Å². The molecule has 0 radical (unpaired) electrons. The van der Waals surface area contributed by atoms with Crippen molar-refractivity contribution in [3.63, 3.8) is 0 Å². The Morgan fingerprint density at radius 2 is 1.96 bits per heavy atom. The number of halogens is 4. The first-order valence-electron chi connectivity index (χ1n) is 7.95. The van der Waals surface area contributed by atoms with Gasteiger partial charge in [-0.2, -0.15) is 13.2 Å². The molecule has 1 aliphatic carbocycles. The maximum atomic E-state index is 13.0. The summed E-state index contributed by atoms with van der Waals surface area (Å²) < 4.78 is 38.9. The molecule has 1 saturated heterocycles. The fraction of sp³-hybridized carbons (Fsp3) is 0.588. The molecule has 3 rings (SSSR count). The van der Waals surface area contributed by atoms with Gasteiger partial charge in [-0.25, -0.2) is 0 Å².